The lowest BCUT2D eigenvalue weighted by atomic mass is 9.94. The van der Waals surface area contributed by atoms with Crippen LogP contribution >= 0.6 is 0 Å². The second-order valence-corrected chi connectivity index (χ2v) is 9.80. The molecule has 0 aliphatic carbocycles. The van der Waals surface area contributed by atoms with Crippen molar-refractivity contribution in [2.75, 3.05) is 25.5 Å². The molecule has 0 radical (unpaired) electrons. The molecule has 2 aromatic carbocycles. The lowest BCUT2D eigenvalue weighted by Crippen LogP contribution is -2.42. The number of benzene rings is 2. The summed E-state index contributed by atoms with van der Waals surface area (Å²) in [5.74, 6) is 1.28. The molecular formula is C22H28N2O4S. The molecule has 29 heavy (non-hydrogen) atoms. The molecule has 0 unspecified atom stereocenters. The minimum Gasteiger partial charge on any atom is -0.497 e. The number of methoxy groups -OCH3 is 1. The van der Waals surface area contributed by atoms with Crippen LogP contribution in [0.5, 0.6) is 5.75 Å². The molecule has 2 atom stereocenters. The monoisotopic (exact) mass is 416 g/mol. The van der Waals surface area contributed by atoms with Gasteiger partial charge in [0.05, 0.1) is 18.4 Å². The Morgan fingerprint density at radius 2 is 1.62 bits per heavy atom. The van der Waals surface area contributed by atoms with Crippen molar-refractivity contribution in [2.45, 2.75) is 31.6 Å². The fourth-order valence-corrected chi connectivity index (χ4v) is 5.47. The van der Waals surface area contributed by atoms with Crippen LogP contribution in [0.15, 0.2) is 53.4 Å². The number of amides is 1. The van der Waals surface area contributed by atoms with Gasteiger partial charge in [0.1, 0.15) is 5.75 Å². The molecule has 3 rings (SSSR count). The van der Waals surface area contributed by atoms with Crippen LogP contribution < -0.4 is 10.1 Å². The van der Waals surface area contributed by atoms with Crippen LogP contribution in [-0.4, -0.2) is 38.8 Å². The van der Waals surface area contributed by atoms with E-state index in [1.807, 2.05) is 24.3 Å². The Morgan fingerprint density at radius 1 is 1.03 bits per heavy atom. The van der Waals surface area contributed by atoms with E-state index in [0.717, 1.165) is 17.7 Å². The van der Waals surface area contributed by atoms with Crippen molar-refractivity contribution in [1.82, 2.24) is 4.31 Å². The Balaban J connectivity index is 1.63. The maximum atomic E-state index is 12.9. The lowest BCUT2D eigenvalue weighted by Gasteiger charge is -2.34. The zero-order valence-electron chi connectivity index (χ0n) is 17.1. The number of sulfonamides is 1. The molecule has 1 heterocycles. The van der Waals surface area contributed by atoms with Gasteiger partial charge in [-0.15, -0.1) is 0 Å². The van der Waals surface area contributed by atoms with Crippen molar-refractivity contribution in [2.24, 2.45) is 11.8 Å². The topological polar surface area (TPSA) is 75.7 Å². The number of nitrogens with one attached hydrogen (secondary N) is 1. The molecule has 1 N–H and O–H groups in total. The number of carbonyl (C=O) groups excluding carboxylic acids is 1. The molecule has 1 fully saturated rings. The smallest absolute Gasteiger partial charge is 0.243 e. The number of ether oxygens (including phenoxy) is 1. The second-order valence-electron chi connectivity index (χ2n) is 7.87. The van der Waals surface area contributed by atoms with Crippen molar-refractivity contribution in [3.8, 4) is 5.75 Å². The lowest BCUT2D eigenvalue weighted by molar-refractivity contribution is -0.115. The van der Waals surface area contributed by atoms with Gasteiger partial charge in [0.15, 0.2) is 0 Å². The highest BCUT2D eigenvalue weighted by atomic mass is 32.2. The van der Waals surface area contributed by atoms with E-state index in [2.05, 4.69) is 19.2 Å². The first-order chi connectivity index (χ1) is 13.8. The average molecular weight is 417 g/mol. The van der Waals surface area contributed by atoms with Crippen LogP contribution in [0.4, 0.5) is 5.69 Å². The summed E-state index contributed by atoms with van der Waals surface area (Å²) in [7, 11) is -1.92. The molecule has 156 valence electrons. The third-order valence-corrected chi connectivity index (χ3v) is 6.98. The summed E-state index contributed by atoms with van der Waals surface area (Å²) in [5, 5.41) is 2.81. The Kier molecular flexibility index (Phi) is 6.59. The predicted molar refractivity (Wildman–Crippen MR) is 113 cm³/mol. The first-order valence-corrected chi connectivity index (χ1v) is 11.2. The van der Waals surface area contributed by atoms with Crippen molar-refractivity contribution in [3.63, 3.8) is 0 Å². The highest BCUT2D eigenvalue weighted by Gasteiger charge is 2.31. The van der Waals surface area contributed by atoms with Crippen LogP contribution in [-0.2, 0) is 21.2 Å². The van der Waals surface area contributed by atoms with Crippen molar-refractivity contribution >= 4 is 21.6 Å². The minimum atomic E-state index is -3.52. The summed E-state index contributed by atoms with van der Waals surface area (Å²) < 4.78 is 32.6. The molecule has 1 aliphatic heterocycles. The minimum absolute atomic E-state index is 0.163. The third kappa shape index (κ3) is 5.36. The summed E-state index contributed by atoms with van der Waals surface area (Å²) >= 11 is 0. The highest BCUT2D eigenvalue weighted by Crippen LogP contribution is 2.27. The first-order valence-electron chi connectivity index (χ1n) is 9.81. The van der Waals surface area contributed by atoms with E-state index in [1.165, 1.54) is 0 Å². The van der Waals surface area contributed by atoms with Crippen molar-refractivity contribution < 1.29 is 17.9 Å². The van der Waals surface area contributed by atoms with Gasteiger partial charge in [-0.05, 0) is 60.2 Å². The summed E-state index contributed by atoms with van der Waals surface area (Å²) in [4.78, 5) is 12.5. The van der Waals surface area contributed by atoms with Crippen molar-refractivity contribution in [3.05, 3.63) is 54.1 Å². The number of carbonyl (C=O) groups is 1. The fraction of sp³-hybridized carbons (Fsp3) is 0.409. The molecule has 6 nitrogen and oxygen atoms in total. The number of hydrogen-bond acceptors (Lipinski definition) is 4. The van der Waals surface area contributed by atoms with Gasteiger partial charge in [0.25, 0.3) is 0 Å². The Hall–Kier alpha value is -2.38. The van der Waals surface area contributed by atoms with Crippen LogP contribution in [0.1, 0.15) is 25.8 Å². The van der Waals surface area contributed by atoms with E-state index in [4.69, 9.17) is 4.74 Å². The third-order valence-electron chi connectivity index (χ3n) is 5.13. The molecule has 1 amide bonds. The van der Waals surface area contributed by atoms with Crippen molar-refractivity contribution in [1.29, 1.82) is 0 Å². The molecule has 0 aromatic heterocycles. The van der Waals surface area contributed by atoms with Crippen LogP contribution in [0.2, 0.25) is 0 Å². The number of anilines is 1. The van der Waals surface area contributed by atoms with Gasteiger partial charge in [-0.2, -0.15) is 4.31 Å². The first kappa shape index (κ1) is 21.3. The highest BCUT2D eigenvalue weighted by molar-refractivity contribution is 7.89. The Labute approximate surface area is 172 Å². The molecule has 1 aliphatic rings. The van der Waals surface area contributed by atoms with E-state index < -0.39 is 10.0 Å². The van der Waals surface area contributed by atoms with Crippen LogP contribution in [0.25, 0.3) is 0 Å². The molecule has 7 heteroatoms. The Bertz CT molecular complexity index is 930. The Morgan fingerprint density at radius 3 is 2.17 bits per heavy atom. The fourth-order valence-electron chi connectivity index (χ4n) is 3.80. The van der Waals surface area contributed by atoms with Gasteiger partial charge in [-0.3, -0.25) is 4.79 Å². The number of piperidine rings is 1. The van der Waals surface area contributed by atoms with Gasteiger partial charge in [-0.25, -0.2) is 8.42 Å². The molecular weight excluding hydrogens is 388 g/mol. The molecule has 1 saturated heterocycles. The van der Waals surface area contributed by atoms with Crippen LogP contribution in [0.3, 0.4) is 0 Å². The second kappa shape index (κ2) is 8.97. The quantitative estimate of drug-likeness (QED) is 0.781. The van der Waals surface area contributed by atoms with E-state index in [9.17, 15) is 13.2 Å². The SMILES string of the molecule is COc1ccc(CC(=O)Nc2ccc(S(=O)(=O)N3C[C@H](C)C[C@@H](C)C3)cc2)cc1. The zero-order valence-corrected chi connectivity index (χ0v) is 17.9. The molecule has 0 spiro atoms. The molecule has 0 bridgehead atoms. The largest absolute Gasteiger partial charge is 0.497 e. The van der Waals surface area contributed by atoms with Gasteiger partial charge in [0.2, 0.25) is 15.9 Å². The van der Waals surface area contributed by atoms with E-state index >= 15 is 0 Å². The molecule has 0 saturated carbocycles. The summed E-state index contributed by atoms with van der Waals surface area (Å²) in [6.45, 7) is 5.26. The number of rotatable bonds is 6. The van der Waals surface area contributed by atoms with Gasteiger partial charge in [-0.1, -0.05) is 26.0 Å². The maximum absolute atomic E-state index is 12.9. The van der Waals surface area contributed by atoms with E-state index in [0.29, 0.717) is 30.6 Å². The summed E-state index contributed by atoms with van der Waals surface area (Å²) in [5.41, 5.74) is 1.44. The standard InChI is InChI=1S/C22H28N2O4S/c1-16-12-17(2)15-24(14-16)29(26,27)21-10-6-19(7-11-21)23-22(25)13-18-4-8-20(28-3)9-5-18/h4-11,16-17H,12-15H2,1-3H3,(H,23,25)/t16-,17-/m1/s1. The summed E-state index contributed by atoms with van der Waals surface area (Å²) in [6, 6.07) is 13.7. The zero-order chi connectivity index (χ0) is 21.0. The number of nitrogens with zero attached hydrogens (tertiary/aromatic N) is 1. The van der Waals surface area contributed by atoms with E-state index in [1.54, 1.807) is 35.7 Å². The normalized spacial score (nSPS) is 20.2. The van der Waals surface area contributed by atoms with Gasteiger partial charge < -0.3 is 10.1 Å². The van der Waals surface area contributed by atoms with E-state index in [-0.39, 0.29) is 17.2 Å². The molecule has 2 aromatic rings. The van der Waals surface area contributed by atoms with Crippen LogP contribution in [0, 0.1) is 11.8 Å². The average Bonchev–Trinajstić information content (AvgIpc) is 2.68. The number of hydrogen-bond donors (Lipinski definition) is 1. The van der Waals surface area contributed by atoms with Gasteiger partial charge in [0, 0.05) is 18.8 Å². The van der Waals surface area contributed by atoms with Gasteiger partial charge >= 0.3 is 0 Å². The summed E-state index contributed by atoms with van der Waals surface area (Å²) in [6.07, 6.45) is 1.28. The predicted octanol–water partition coefficient (Wildman–Crippen LogP) is 3.54. The maximum Gasteiger partial charge on any atom is 0.243 e.